The van der Waals surface area contributed by atoms with Crippen LogP contribution in [0, 0.1) is 5.82 Å². The van der Waals surface area contributed by atoms with Crippen LogP contribution >= 0.6 is 11.6 Å². The third-order valence-corrected chi connectivity index (χ3v) is 2.93. The van der Waals surface area contributed by atoms with E-state index in [0.717, 1.165) is 0 Å². The molecule has 0 spiro atoms. The Morgan fingerprint density at radius 2 is 2.38 bits per heavy atom. The maximum absolute atomic E-state index is 13.0. The number of nitrogens with two attached hydrogens (primary N) is 1. The molecule has 0 aliphatic carbocycles. The highest BCUT2D eigenvalue weighted by Crippen LogP contribution is 2.35. The van der Waals surface area contributed by atoms with Gasteiger partial charge in [0, 0.05) is 12.1 Å². The van der Waals surface area contributed by atoms with E-state index in [1.807, 2.05) is 0 Å². The van der Waals surface area contributed by atoms with Gasteiger partial charge in [0.15, 0.2) is 5.79 Å². The van der Waals surface area contributed by atoms with Crippen LogP contribution in [0.5, 0.6) is 0 Å². The molecule has 1 heterocycles. The predicted molar refractivity (Wildman–Crippen MR) is 58.6 cm³/mol. The summed E-state index contributed by atoms with van der Waals surface area (Å²) in [7, 11) is 0. The zero-order valence-electron chi connectivity index (χ0n) is 8.87. The summed E-state index contributed by atoms with van der Waals surface area (Å²) in [4.78, 5) is 0. The average Bonchev–Trinajstić information content (AvgIpc) is 2.66. The maximum atomic E-state index is 13.0. The lowest BCUT2D eigenvalue weighted by Gasteiger charge is -2.23. The van der Waals surface area contributed by atoms with Crippen LogP contribution in [0.15, 0.2) is 18.2 Å². The maximum Gasteiger partial charge on any atom is 0.192 e. The highest BCUT2D eigenvalue weighted by Gasteiger charge is 2.38. The smallest absolute Gasteiger partial charge is 0.192 e. The van der Waals surface area contributed by atoms with Crippen molar-refractivity contribution in [2.75, 3.05) is 13.2 Å². The zero-order chi connectivity index (χ0) is 11.8. The lowest BCUT2D eigenvalue weighted by molar-refractivity contribution is -0.160. The summed E-state index contributed by atoms with van der Waals surface area (Å²) in [5.74, 6) is -1.34. The van der Waals surface area contributed by atoms with Gasteiger partial charge in [-0.3, -0.25) is 0 Å². The molecular formula is C11H13ClFNO2. The first-order valence-corrected chi connectivity index (χ1v) is 5.40. The molecule has 16 heavy (non-hydrogen) atoms. The molecule has 3 nitrogen and oxygen atoms in total. The molecule has 0 aromatic heterocycles. The molecule has 1 fully saturated rings. The van der Waals surface area contributed by atoms with Gasteiger partial charge >= 0.3 is 0 Å². The van der Waals surface area contributed by atoms with Crippen LogP contribution in [-0.4, -0.2) is 19.3 Å². The molecule has 1 aromatic carbocycles. The van der Waals surface area contributed by atoms with E-state index in [0.29, 0.717) is 18.7 Å². The second-order valence-corrected chi connectivity index (χ2v) is 4.27. The molecule has 1 aromatic rings. The van der Waals surface area contributed by atoms with Gasteiger partial charge in [-0.2, -0.15) is 0 Å². The summed E-state index contributed by atoms with van der Waals surface area (Å²) in [5.41, 5.74) is 6.19. The number of rotatable bonds is 2. The van der Waals surface area contributed by atoms with Crippen molar-refractivity contribution in [2.45, 2.75) is 18.8 Å². The third kappa shape index (κ3) is 2.06. The summed E-state index contributed by atoms with van der Waals surface area (Å²) >= 11 is 5.71. The largest absolute Gasteiger partial charge is 0.343 e. The Morgan fingerprint density at radius 1 is 1.62 bits per heavy atom. The van der Waals surface area contributed by atoms with E-state index in [9.17, 15) is 4.39 Å². The Morgan fingerprint density at radius 3 is 2.94 bits per heavy atom. The normalized spacial score (nSPS) is 29.6. The molecule has 2 atom stereocenters. The quantitative estimate of drug-likeness (QED) is 0.867. The second-order valence-electron chi connectivity index (χ2n) is 3.86. The Kier molecular flexibility index (Phi) is 3.17. The summed E-state index contributed by atoms with van der Waals surface area (Å²) < 4.78 is 24.2. The molecule has 1 saturated heterocycles. The number of hydrogen-bond acceptors (Lipinski definition) is 3. The van der Waals surface area contributed by atoms with Crippen molar-refractivity contribution < 1.29 is 13.9 Å². The van der Waals surface area contributed by atoms with E-state index >= 15 is 0 Å². The van der Waals surface area contributed by atoms with Crippen molar-refractivity contribution >= 4 is 11.6 Å². The molecule has 88 valence electrons. The zero-order valence-corrected chi connectivity index (χ0v) is 9.63. The predicted octanol–water partition coefficient (Wildman–Crippen LogP) is 2.03. The highest BCUT2D eigenvalue weighted by molar-refractivity contribution is 6.30. The summed E-state index contributed by atoms with van der Waals surface area (Å²) in [6, 6.07) is 4.40. The fourth-order valence-electron chi connectivity index (χ4n) is 1.68. The van der Waals surface area contributed by atoms with Gasteiger partial charge in [0.25, 0.3) is 0 Å². The summed E-state index contributed by atoms with van der Waals surface area (Å²) in [6.45, 7) is 2.60. The van der Waals surface area contributed by atoms with Gasteiger partial charge < -0.3 is 15.2 Å². The molecule has 0 saturated carbocycles. The summed E-state index contributed by atoms with van der Waals surface area (Å²) in [5, 5.41) is 0.0575. The minimum atomic E-state index is -0.888. The van der Waals surface area contributed by atoms with Gasteiger partial charge in [0.1, 0.15) is 5.82 Å². The van der Waals surface area contributed by atoms with E-state index in [2.05, 4.69) is 0 Å². The average molecular weight is 246 g/mol. The van der Waals surface area contributed by atoms with Crippen molar-refractivity contribution in [1.82, 2.24) is 0 Å². The van der Waals surface area contributed by atoms with Crippen LogP contribution in [0.2, 0.25) is 5.02 Å². The highest BCUT2D eigenvalue weighted by atomic mass is 35.5. The molecule has 5 heteroatoms. The third-order valence-electron chi connectivity index (χ3n) is 2.64. The molecule has 0 radical (unpaired) electrons. The standard InChI is InChI=1S/C11H13ClFNO2/c1-11(15-6-8(5-14)16-11)7-2-3-10(13)9(12)4-7/h2-4,8H,5-6,14H2,1H3. The fourth-order valence-corrected chi connectivity index (χ4v) is 1.86. The fraction of sp³-hybridized carbons (Fsp3) is 0.455. The van der Waals surface area contributed by atoms with Crippen LogP contribution < -0.4 is 5.73 Å². The van der Waals surface area contributed by atoms with Crippen LogP contribution in [-0.2, 0) is 15.3 Å². The molecular weight excluding hydrogens is 233 g/mol. The Labute approximate surface area is 98.3 Å². The molecule has 0 bridgehead atoms. The van der Waals surface area contributed by atoms with Gasteiger partial charge in [-0.25, -0.2) is 4.39 Å². The first-order valence-electron chi connectivity index (χ1n) is 5.02. The SMILES string of the molecule is CC1(c2ccc(F)c(Cl)c2)OCC(CN)O1. The minimum absolute atomic E-state index is 0.0575. The van der Waals surface area contributed by atoms with Gasteiger partial charge in [0.2, 0.25) is 0 Å². The second kappa shape index (κ2) is 4.30. The van der Waals surface area contributed by atoms with Crippen LogP contribution in [0.4, 0.5) is 4.39 Å². The lowest BCUT2D eigenvalue weighted by Crippen LogP contribution is -2.27. The van der Waals surface area contributed by atoms with Gasteiger partial charge in [-0.1, -0.05) is 17.7 Å². The Hall–Kier alpha value is -0.680. The molecule has 1 aliphatic rings. The van der Waals surface area contributed by atoms with E-state index < -0.39 is 11.6 Å². The van der Waals surface area contributed by atoms with Gasteiger partial charge in [-0.05, 0) is 19.1 Å². The van der Waals surface area contributed by atoms with E-state index in [1.165, 1.54) is 12.1 Å². The monoisotopic (exact) mass is 245 g/mol. The molecule has 2 N–H and O–H groups in total. The summed E-state index contributed by atoms with van der Waals surface area (Å²) in [6.07, 6.45) is -0.131. The topological polar surface area (TPSA) is 44.5 Å². The van der Waals surface area contributed by atoms with Crippen molar-refractivity contribution in [2.24, 2.45) is 5.73 Å². The van der Waals surface area contributed by atoms with E-state index in [4.69, 9.17) is 26.8 Å². The Balaban J connectivity index is 2.27. The number of ether oxygens (including phenoxy) is 2. The molecule has 2 rings (SSSR count). The minimum Gasteiger partial charge on any atom is -0.343 e. The van der Waals surface area contributed by atoms with Crippen LogP contribution in [0.25, 0.3) is 0 Å². The van der Waals surface area contributed by atoms with Crippen LogP contribution in [0.3, 0.4) is 0 Å². The number of hydrogen-bond donors (Lipinski definition) is 1. The Bertz CT molecular complexity index is 402. The lowest BCUT2D eigenvalue weighted by atomic mass is 10.1. The van der Waals surface area contributed by atoms with Crippen LogP contribution in [0.1, 0.15) is 12.5 Å². The molecule has 2 unspecified atom stereocenters. The number of benzene rings is 1. The van der Waals surface area contributed by atoms with Gasteiger partial charge in [0.05, 0.1) is 17.7 Å². The van der Waals surface area contributed by atoms with Gasteiger partial charge in [-0.15, -0.1) is 0 Å². The van der Waals surface area contributed by atoms with Crippen molar-refractivity contribution in [3.8, 4) is 0 Å². The van der Waals surface area contributed by atoms with Crippen molar-refractivity contribution in [3.05, 3.63) is 34.6 Å². The van der Waals surface area contributed by atoms with E-state index in [-0.39, 0.29) is 11.1 Å². The molecule has 0 amide bonds. The van der Waals surface area contributed by atoms with Crippen molar-refractivity contribution in [3.63, 3.8) is 0 Å². The first-order chi connectivity index (χ1) is 7.55. The first kappa shape index (κ1) is 11.8. The number of halogens is 2. The molecule has 1 aliphatic heterocycles. The van der Waals surface area contributed by atoms with Crippen molar-refractivity contribution in [1.29, 1.82) is 0 Å². The van der Waals surface area contributed by atoms with E-state index in [1.54, 1.807) is 13.0 Å².